The first-order valence-electron chi connectivity index (χ1n) is 6.83. The quantitative estimate of drug-likeness (QED) is 0.816. The number of rotatable bonds is 6. The molecule has 4 nitrogen and oxygen atoms in total. The Morgan fingerprint density at radius 2 is 2.10 bits per heavy atom. The highest BCUT2D eigenvalue weighted by molar-refractivity contribution is 7.98. The van der Waals surface area contributed by atoms with E-state index >= 15 is 0 Å². The molecule has 2 atom stereocenters. The van der Waals surface area contributed by atoms with E-state index in [0.717, 1.165) is 13.1 Å². The number of thioether (sulfide) groups is 1. The van der Waals surface area contributed by atoms with Crippen molar-refractivity contribution in [1.29, 1.82) is 0 Å². The molecule has 1 heterocycles. The number of likely N-dealkylation sites (N-methyl/N-ethyl adjacent to an activating group) is 1. The molecule has 1 N–H and O–H groups in total. The fourth-order valence-corrected chi connectivity index (χ4v) is 2.98. The van der Waals surface area contributed by atoms with Gasteiger partial charge >= 0.3 is 5.97 Å². The third kappa shape index (κ3) is 3.53. The number of carbonyl (C=O) groups is 1. The van der Waals surface area contributed by atoms with Crippen LogP contribution >= 0.6 is 11.8 Å². The minimum Gasteiger partial charge on any atom is -0.481 e. The Balaban J connectivity index is 2.05. The van der Waals surface area contributed by atoms with Crippen molar-refractivity contribution in [3.05, 3.63) is 29.8 Å². The van der Waals surface area contributed by atoms with Crippen LogP contribution in [0.2, 0.25) is 0 Å². The first-order chi connectivity index (χ1) is 9.65. The summed E-state index contributed by atoms with van der Waals surface area (Å²) in [4.78, 5) is 14.7. The molecule has 1 aliphatic heterocycles. The fourth-order valence-electron chi connectivity index (χ4n) is 2.57. The van der Waals surface area contributed by atoms with Crippen molar-refractivity contribution in [2.75, 3.05) is 26.0 Å². The van der Waals surface area contributed by atoms with E-state index in [1.807, 2.05) is 0 Å². The predicted octanol–water partition coefficient (Wildman–Crippen LogP) is 2.33. The zero-order valence-corrected chi connectivity index (χ0v) is 12.7. The Bertz CT molecular complexity index is 449. The zero-order valence-electron chi connectivity index (χ0n) is 11.9. The summed E-state index contributed by atoms with van der Waals surface area (Å²) >= 11 is 1.72. The largest absolute Gasteiger partial charge is 0.481 e. The summed E-state index contributed by atoms with van der Waals surface area (Å²) < 4.78 is 5.36. The molecule has 0 radical (unpaired) electrons. The Labute approximate surface area is 124 Å². The summed E-state index contributed by atoms with van der Waals surface area (Å²) in [7, 11) is 0. The van der Waals surface area contributed by atoms with Gasteiger partial charge in [0.15, 0.2) is 0 Å². The van der Waals surface area contributed by atoms with E-state index in [2.05, 4.69) is 42.3 Å². The van der Waals surface area contributed by atoms with Crippen molar-refractivity contribution in [2.24, 2.45) is 5.92 Å². The molecule has 1 aromatic rings. The molecule has 1 saturated heterocycles. The Morgan fingerprint density at radius 3 is 2.65 bits per heavy atom. The fraction of sp³-hybridized carbons (Fsp3) is 0.533. The van der Waals surface area contributed by atoms with Gasteiger partial charge in [-0.1, -0.05) is 19.1 Å². The van der Waals surface area contributed by atoms with Gasteiger partial charge in [-0.05, 0) is 30.5 Å². The lowest BCUT2D eigenvalue weighted by atomic mass is 10.0. The smallest absolute Gasteiger partial charge is 0.310 e. The van der Waals surface area contributed by atoms with Crippen LogP contribution in [-0.2, 0) is 16.1 Å². The van der Waals surface area contributed by atoms with Crippen LogP contribution in [0.4, 0.5) is 0 Å². The molecule has 1 aromatic carbocycles. The van der Waals surface area contributed by atoms with Gasteiger partial charge in [0.05, 0.1) is 19.1 Å². The van der Waals surface area contributed by atoms with Crippen molar-refractivity contribution in [2.45, 2.75) is 24.4 Å². The van der Waals surface area contributed by atoms with Crippen LogP contribution in [-0.4, -0.2) is 48.0 Å². The summed E-state index contributed by atoms with van der Waals surface area (Å²) in [6.07, 6.45) is 2.06. The van der Waals surface area contributed by atoms with E-state index in [0.29, 0.717) is 13.2 Å². The van der Waals surface area contributed by atoms with E-state index in [1.54, 1.807) is 11.8 Å². The lowest BCUT2D eigenvalue weighted by Crippen LogP contribution is -2.42. The number of aliphatic carboxylic acids is 1. The second-order valence-electron chi connectivity index (χ2n) is 4.96. The molecule has 0 bridgehead atoms. The molecule has 0 aliphatic carbocycles. The first-order valence-corrected chi connectivity index (χ1v) is 8.05. The van der Waals surface area contributed by atoms with Gasteiger partial charge in [-0.25, -0.2) is 0 Å². The van der Waals surface area contributed by atoms with Crippen molar-refractivity contribution in [1.82, 2.24) is 4.90 Å². The van der Waals surface area contributed by atoms with Crippen molar-refractivity contribution < 1.29 is 14.6 Å². The number of nitrogens with zero attached hydrogens (tertiary/aromatic N) is 1. The number of ether oxygens (including phenoxy) is 1. The highest BCUT2D eigenvalue weighted by Crippen LogP contribution is 2.22. The standard InChI is InChI=1S/C15H21NO3S/c1-3-16(14-10-19-9-13(14)15(17)18)8-11-4-6-12(20-2)7-5-11/h4-7,13-14H,3,8-10H2,1-2H3,(H,17,18). The van der Waals surface area contributed by atoms with E-state index in [1.165, 1.54) is 10.5 Å². The monoisotopic (exact) mass is 295 g/mol. The van der Waals surface area contributed by atoms with Crippen molar-refractivity contribution >= 4 is 17.7 Å². The molecule has 0 spiro atoms. The van der Waals surface area contributed by atoms with Gasteiger partial charge in [-0.15, -0.1) is 11.8 Å². The lowest BCUT2D eigenvalue weighted by molar-refractivity contribution is -0.143. The van der Waals surface area contributed by atoms with Gasteiger partial charge in [-0.3, -0.25) is 9.69 Å². The van der Waals surface area contributed by atoms with Gasteiger partial charge in [0, 0.05) is 17.5 Å². The minimum absolute atomic E-state index is 0.0299. The third-order valence-electron chi connectivity index (χ3n) is 3.79. The van der Waals surface area contributed by atoms with Crippen molar-refractivity contribution in [3.8, 4) is 0 Å². The predicted molar refractivity (Wildman–Crippen MR) is 80.0 cm³/mol. The topological polar surface area (TPSA) is 49.8 Å². The molecule has 1 fully saturated rings. The molecule has 2 unspecified atom stereocenters. The second-order valence-corrected chi connectivity index (χ2v) is 5.84. The molecule has 110 valence electrons. The van der Waals surface area contributed by atoms with Gasteiger partial charge in [0.1, 0.15) is 0 Å². The average molecular weight is 295 g/mol. The average Bonchev–Trinajstić information content (AvgIpc) is 2.95. The van der Waals surface area contributed by atoms with Crippen LogP contribution in [0, 0.1) is 5.92 Å². The maximum Gasteiger partial charge on any atom is 0.310 e. The summed E-state index contributed by atoms with van der Waals surface area (Å²) in [5.41, 5.74) is 1.21. The number of carboxylic acids is 1. The highest BCUT2D eigenvalue weighted by Gasteiger charge is 2.37. The van der Waals surface area contributed by atoms with Crippen LogP contribution < -0.4 is 0 Å². The molecule has 20 heavy (non-hydrogen) atoms. The summed E-state index contributed by atoms with van der Waals surface area (Å²) in [5.74, 6) is -1.18. The maximum atomic E-state index is 11.3. The van der Waals surface area contributed by atoms with E-state index in [9.17, 15) is 9.90 Å². The molecule has 0 amide bonds. The Hall–Kier alpha value is -1.04. The Kier molecular flexibility index (Phi) is 5.46. The molecule has 0 aromatic heterocycles. The van der Waals surface area contributed by atoms with E-state index in [4.69, 9.17) is 4.74 Å². The number of hydrogen-bond donors (Lipinski definition) is 1. The number of benzene rings is 1. The van der Waals surface area contributed by atoms with Crippen LogP contribution in [0.5, 0.6) is 0 Å². The van der Waals surface area contributed by atoms with Crippen LogP contribution in [0.15, 0.2) is 29.2 Å². The summed E-state index contributed by atoms with van der Waals surface area (Å²) in [5, 5.41) is 9.25. The molecular weight excluding hydrogens is 274 g/mol. The Morgan fingerprint density at radius 1 is 1.40 bits per heavy atom. The SMILES string of the molecule is CCN(Cc1ccc(SC)cc1)C1COCC1C(=O)O. The van der Waals surface area contributed by atoms with Crippen LogP contribution in [0.3, 0.4) is 0 Å². The van der Waals surface area contributed by atoms with Gasteiger partial charge in [0.2, 0.25) is 0 Å². The maximum absolute atomic E-state index is 11.3. The summed E-state index contributed by atoms with van der Waals surface area (Å²) in [6, 6.07) is 8.40. The van der Waals surface area contributed by atoms with E-state index < -0.39 is 11.9 Å². The lowest BCUT2D eigenvalue weighted by Gasteiger charge is -2.29. The second kappa shape index (κ2) is 7.11. The van der Waals surface area contributed by atoms with E-state index in [-0.39, 0.29) is 6.04 Å². The molecule has 1 aliphatic rings. The van der Waals surface area contributed by atoms with Gasteiger partial charge in [-0.2, -0.15) is 0 Å². The third-order valence-corrected chi connectivity index (χ3v) is 4.53. The molecule has 2 rings (SSSR count). The first kappa shape index (κ1) is 15.4. The molecule has 0 saturated carbocycles. The van der Waals surface area contributed by atoms with Crippen LogP contribution in [0.1, 0.15) is 12.5 Å². The highest BCUT2D eigenvalue weighted by atomic mass is 32.2. The van der Waals surface area contributed by atoms with Gasteiger partial charge < -0.3 is 9.84 Å². The molecule has 5 heteroatoms. The zero-order chi connectivity index (χ0) is 14.5. The van der Waals surface area contributed by atoms with Crippen LogP contribution in [0.25, 0.3) is 0 Å². The van der Waals surface area contributed by atoms with Crippen molar-refractivity contribution in [3.63, 3.8) is 0 Å². The summed E-state index contributed by atoms with van der Waals surface area (Å²) in [6.45, 7) is 4.48. The molecular formula is C15H21NO3S. The minimum atomic E-state index is -0.760. The number of carboxylic acid groups (broad SMARTS) is 1. The number of hydrogen-bond acceptors (Lipinski definition) is 4. The normalized spacial score (nSPS) is 22.4. The van der Waals surface area contributed by atoms with Gasteiger partial charge in [0.25, 0.3) is 0 Å².